The predicted octanol–water partition coefficient (Wildman–Crippen LogP) is 3.01. The molecule has 0 amide bonds. The summed E-state index contributed by atoms with van der Waals surface area (Å²) in [6.45, 7) is 11.6. The van der Waals surface area contributed by atoms with E-state index in [9.17, 15) is 0 Å². The van der Waals surface area contributed by atoms with E-state index in [1.165, 1.54) is 26.1 Å². The summed E-state index contributed by atoms with van der Waals surface area (Å²) in [7, 11) is 1.80. The highest BCUT2D eigenvalue weighted by Crippen LogP contribution is 2.30. The molecule has 1 aliphatic rings. The van der Waals surface area contributed by atoms with E-state index in [-0.39, 0.29) is 0 Å². The maximum Gasteiger partial charge on any atom is 0.0503 e. The van der Waals surface area contributed by atoms with Gasteiger partial charge in [-0.1, -0.05) is 36.7 Å². The maximum absolute atomic E-state index is 5.24. The molecule has 0 aromatic rings. The number of nitrogens with zero attached hydrogens (tertiary/aromatic N) is 1. The first-order chi connectivity index (χ1) is 7.47. The average molecular weight is 292 g/mol. The van der Waals surface area contributed by atoms with Crippen LogP contribution in [0.5, 0.6) is 0 Å². The second-order valence-corrected chi connectivity index (χ2v) is 6.73. The van der Waals surface area contributed by atoms with Gasteiger partial charge in [-0.15, -0.1) is 0 Å². The first-order valence-electron chi connectivity index (χ1n) is 6.24. The Hall–Kier alpha value is 0.400. The molecule has 0 bridgehead atoms. The standard InChI is InChI=1S/C13H26BrNO/c1-13(2,3)12(7-14)9-15-6-5-11(8-15)10-16-4/h11-12H,5-10H2,1-4H3. The molecule has 0 aromatic heterocycles. The molecule has 2 nitrogen and oxygen atoms in total. The Bertz CT molecular complexity index is 203. The largest absolute Gasteiger partial charge is 0.384 e. The molecule has 2 atom stereocenters. The van der Waals surface area contributed by atoms with E-state index in [1.54, 1.807) is 7.11 Å². The fraction of sp³-hybridized carbons (Fsp3) is 1.00. The van der Waals surface area contributed by atoms with E-state index in [0.29, 0.717) is 5.41 Å². The third-order valence-corrected chi connectivity index (χ3v) is 4.44. The van der Waals surface area contributed by atoms with Crippen molar-refractivity contribution < 1.29 is 4.74 Å². The summed E-state index contributed by atoms with van der Waals surface area (Å²) in [5, 5.41) is 1.10. The number of halogens is 1. The lowest BCUT2D eigenvalue weighted by molar-refractivity contribution is 0.143. The topological polar surface area (TPSA) is 12.5 Å². The van der Waals surface area contributed by atoms with Gasteiger partial charge in [0.1, 0.15) is 0 Å². The molecule has 0 aliphatic carbocycles. The van der Waals surface area contributed by atoms with Crippen LogP contribution in [-0.4, -0.2) is 43.6 Å². The highest BCUT2D eigenvalue weighted by atomic mass is 79.9. The van der Waals surface area contributed by atoms with Crippen molar-refractivity contribution in [3.63, 3.8) is 0 Å². The highest BCUT2D eigenvalue weighted by molar-refractivity contribution is 9.09. The lowest BCUT2D eigenvalue weighted by Gasteiger charge is -2.32. The summed E-state index contributed by atoms with van der Waals surface area (Å²) in [5.41, 5.74) is 0.392. The van der Waals surface area contributed by atoms with E-state index in [0.717, 1.165) is 23.8 Å². The third-order valence-electron chi connectivity index (χ3n) is 3.66. The van der Waals surface area contributed by atoms with Crippen LogP contribution < -0.4 is 0 Å². The second-order valence-electron chi connectivity index (χ2n) is 6.09. The van der Waals surface area contributed by atoms with Crippen molar-refractivity contribution in [1.29, 1.82) is 0 Å². The van der Waals surface area contributed by atoms with Crippen LogP contribution in [0.2, 0.25) is 0 Å². The molecule has 0 N–H and O–H groups in total. The predicted molar refractivity (Wildman–Crippen MR) is 73.2 cm³/mol. The number of hydrogen-bond acceptors (Lipinski definition) is 2. The maximum atomic E-state index is 5.24. The molecule has 1 fully saturated rings. The Labute approximate surface area is 109 Å². The van der Waals surface area contributed by atoms with E-state index in [2.05, 4.69) is 41.6 Å². The van der Waals surface area contributed by atoms with Crippen LogP contribution in [0.25, 0.3) is 0 Å². The Balaban J connectivity index is 2.37. The van der Waals surface area contributed by atoms with Gasteiger partial charge >= 0.3 is 0 Å². The van der Waals surface area contributed by atoms with Crippen LogP contribution in [0, 0.1) is 17.3 Å². The average Bonchev–Trinajstić information content (AvgIpc) is 2.61. The minimum absolute atomic E-state index is 0.392. The van der Waals surface area contributed by atoms with Crippen LogP contribution in [0.1, 0.15) is 27.2 Å². The van der Waals surface area contributed by atoms with Crippen LogP contribution in [-0.2, 0) is 4.74 Å². The third kappa shape index (κ3) is 4.34. The van der Waals surface area contributed by atoms with Crippen molar-refractivity contribution in [2.24, 2.45) is 17.3 Å². The number of ether oxygens (including phenoxy) is 1. The Morgan fingerprint density at radius 3 is 2.62 bits per heavy atom. The first kappa shape index (κ1) is 14.5. The van der Waals surface area contributed by atoms with Gasteiger partial charge in [0.2, 0.25) is 0 Å². The van der Waals surface area contributed by atoms with Gasteiger partial charge in [0.25, 0.3) is 0 Å². The van der Waals surface area contributed by atoms with Gasteiger partial charge in [0.15, 0.2) is 0 Å². The van der Waals surface area contributed by atoms with E-state index in [4.69, 9.17) is 4.74 Å². The van der Waals surface area contributed by atoms with Crippen LogP contribution in [0.15, 0.2) is 0 Å². The fourth-order valence-corrected chi connectivity index (χ4v) is 3.49. The quantitative estimate of drug-likeness (QED) is 0.722. The molecule has 1 heterocycles. The summed E-state index contributed by atoms with van der Waals surface area (Å²) in [6, 6.07) is 0. The molecule has 0 saturated carbocycles. The van der Waals surface area contributed by atoms with Gasteiger partial charge in [-0.2, -0.15) is 0 Å². The second kappa shape index (κ2) is 6.36. The number of likely N-dealkylation sites (tertiary alicyclic amines) is 1. The highest BCUT2D eigenvalue weighted by Gasteiger charge is 2.29. The molecule has 2 unspecified atom stereocenters. The summed E-state index contributed by atoms with van der Waals surface area (Å²) in [6.07, 6.45) is 1.30. The van der Waals surface area contributed by atoms with Crippen molar-refractivity contribution in [3.8, 4) is 0 Å². The molecule has 1 saturated heterocycles. The van der Waals surface area contributed by atoms with Gasteiger partial charge in [-0.05, 0) is 30.2 Å². The number of alkyl halides is 1. The van der Waals surface area contributed by atoms with Gasteiger partial charge in [-0.3, -0.25) is 0 Å². The van der Waals surface area contributed by atoms with Crippen LogP contribution in [0.4, 0.5) is 0 Å². The van der Waals surface area contributed by atoms with Gasteiger partial charge in [0, 0.05) is 25.5 Å². The molecule has 96 valence electrons. The number of rotatable bonds is 5. The molecule has 0 aromatic carbocycles. The number of hydrogen-bond donors (Lipinski definition) is 0. The monoisotopic (exact) mass is 291 g/mol. The zero-order valence-corrected chi connectivity index (χ0v) is 12.7. The first-order valence-corrected chi connectivity index (χ1v) is 7.36. The number of methoxy groups -OCH3 is 1. The van der Waals surface area contributed by atoms with Crippen molar-refractivity contribution >= 4 is 15.9 Å². The zero-order chi connectivity index (χ0) is 12.2. The summed E-state index contributed by atoms with van der Waals surface area (Å²) >= 11 is 3.65. The zero-order valence-electron chi connectivity index (χ0n) is 11.1. The van der Waals surface area contributed by atoms with Gasteiger partial charge < -0.3 is 9.64 Å². The van der Waals surface area contributed by atoms with E-state index >= 15 is 0 Å². The van der Waals surface area contributed by atoms with Crippen molar-refractivity contribution in [3.05, 3.63) is 0 Å². The molecular formula is C13H26BrNO. The van der Waals surface area contributed by atoms with E-state index in [1.807, 2.05) is 0 Å². The Kier molecular flexibility index (Phi) is 5.75. The molecular weight excluding hydrogens is 266 g/mol. The van der Waals surface area contributed by atoms with Gasteiger partial charge in [-0.25, -0.2) is 0 Å². The molecule has 1 aliphatic heterocycles. The van der Waals surface area contributed by atoms with Crippen molar-refractivity contribution in [2.75, 3.05) is 38.7 Å². The van der Waals surface area contributed by atoms with E-state index < -0.39 is 0 Å². The normalized spacial score (nSPS) is 24.9. The molecule has 0 radical (unpaired) electrons. The smallest absolute Gasteiger partial charge is 0.0503 e. The minimum Gasteiger partial charge on any atom is -0.384 e. The van der Waals surface area contributed by atoms with Crippen molar-refractivity contribution in [1.82, 2.24) is 4.90 Å². The van der Waals surface area contributed by atoms with Crippen LogP contribution >= 0.6 is 15.9 Å². The summed E-state index contributed by atoms with van der Waals surface area (Å²) in [4.78, 5) is 2.60. The van der Waals surface area contributed by atoms with Crippen LogP contribution in [0.3, 0.4) is 0 Å². The molecule has 0 spiro atoms. The fourth-order valence-electron chi connectivity index (χ4n) is 2.32. The lowest BCUT2D eigenvalue weighted by atomic mass is 9.82. The molecule has 16 heavy (non-hydrogen) atoms. The van der Waals surface area contributed by atoms with Gasteiger partial charge in [0.05, 0.1) is 6.61 Å². The SMILES string of the molecule is COCC1CCN(CC(CBr)C(C)(C)C)C1. The minimum atomic E-state index is 0.392. The lowest BCUT2D eigenvalue weighted by Crippen LogP contribution is -2.35. The Morgan fingerprint density at radius 2 is 2.12 bits per heavy atom. The van der Waals surface area contributed by atoms with Crippen molar-refractivity contribution in [2.45, 2.75) is 27.2 Å². The summed E-state index contributed by atoms with van der Waals surface area (Å²) in [5.74, 6) is 1.48. The molecule has 3 heteroatoms. The Morgan fingerprint density at radius 1 is 1.44 bits per heavy atom. The summed E-state index contributed by atoms with van der Waals surface area (Å²) < 4.78 is 5.24. The molecule has 1 rings (SSSR count).